The first-order valence-electron chi connectivity index (χ1n) is 16.6. The zero-order chi connectivity index (χ0) is 38.0. The third kappa shape index (κ3) is 8.65. The van der Waals surface area contributed by atoms with Crippen LogP contribution < -0.4 is 19.9 Å². The summed E-state index contributed by atoms with van der Waals surface area (Å²) in [5.74, 6) is -0.445. The molecule has 282 valence electrons. The molecular formula is C36H40F6N4O6. The lowest BCUT2D eigenvalue weighted by molar-refractivity contribution is -0.149. The van der Waals surface area contributed by atoms with Gasteiger partial charge in [-0.1, -0.05) is 6.92 Å². The number of nitrogens with zero attached hydrogens (tertiary/aromatic N) is 3. The summed E-state index contributed by atoms with van der Waals surface area (Å²) in [6.07, 6.45) is -8.74. The lowest BCUT2D eigenvalue weighted by atomic mass is 9.89. The summed E-state index contributed by atoms with van der Waals surface area (Å²) in [6, 6.07) is 7.26. The highest BCUT2D eigenvalue weighted by Crippen LogP contribution is 2.43. The number of carbonyl (C=O) groups excluding carboxylic acids is 1. The van der Waals surface area contributed by atoms with Crippen LogP contribution in [0.5, 0.6) is 5.75 Å². The zero-order valence-corrected chi connectivity index (χ0v) is 29.0. The van der Waals surface area contributed by atoms with Gasteiger partial charge < -0.3 is 29.5 Å². The molecule has 3 aromatic rings. The number of carboxylic acids is 1. The highest BCUT2D eigenvalue weighted by molar-refractivity contribution is 5.91. The lowest BCUT2D eigenvalue weighted by Gasteiger charge is -2.41. The third-order valence-corrected chi connectivity index (χ3v) is 9.23. The summed E-state index contributed by atoms with van der Waals surface area (Å²) in [5, 5.41) is 12.9. The van der Waals surface area contributed by atoms with Crippen LogP contribution in [0.2, 0.25) is 0 Å². The number of fused-ring (bicyclic) bond motifs is 1. The van der Waals surface area contributed by atoms with Gasteiger partial charge in [0.25, 0.3) is 0 Å². The SMILES string of the molecule is CC[C@@H]1C[C@H](Nc2ncc(N3CCOCC3)cc2Cc2cc(C(F)(F)F)cc(C(F)(F)F)c2)c2cc(OC)ccc2N1C(=O)OCC(C)(C)C(=O)O. The fourth-order valence-electron chi connectivity index (χ4n) is 6.23. The van der Waals surface area contributed by atoms with Crippen LogP contribution in [-0.2, 0) is 33.0 Å². The Morgan fingerprint density at radius 1 is 1.00 bits per heavy atom. The molecule has 1 aromatic heterocycles. The fourth-order valence-corrected chi connectivity index (χ4v) is 6.23. The molecule has 3 heterocycles. The van der Waals surface area contributed by atoms with Gasteiger partial charge in [-0.15, -0.1) is 0 Å². The molecule has 0 bridgehead atoms. The van der Waals surface area contributed by atoms with Crippen LogP contribution >= 0.6 is 0 Å². The van der Waals surface area contributed by atoms with Gasteiger partial charge >= 0.3 is 24.4 Å². The number of alkyl halides is 6. The number of rotatable bonds is 10. The third-order valence-electron chi connectivity index (χ3n) is 9.23. The van der Waals surface area contributed by atoms with Crippen molar-refractivity contribution < 1.29 is 55.2 Å². The Hall–Kier alpha value is -4.73. The number of hydrogen-bond donors (Lipinski definition) is 2. The van der Waals surface area contributed by atoms with Gasteiger partial charge in [0, 0.05) is 36.7 Å². The number of carbonyl (C=O) groups is 2. The fraction of sp³-hybridized carbons (Fsp3) is 0.472. The average molecular weight is 739 g/mol. The van der Waals surface area contributed by atoms with Gasteiger partial charge in [-0.05, 0) is 74.7 Å². The predicted octanol–water partition coefficient (Wildman–Crippen LogP) is 7.94. The van der Waals surface area contributed by atoms with Crippen LogP contribution in [0.1, 0.15) is 67.5 Å². The summed E-state index contributed by atoms with van der Waals surface area (Å²) < 4.78 is 99.1. The van der Waals surface area contributed by atoms with Crippen molar-refractivity contribution in [2.45, 2.75) is 64.5 Å². The molecule has 0 unspecified atom stereocenters. The molecule has 0 radical (unpaired) electrons. The molecule has 16 heteroatoms. The van der Waals surface area contributed by atoms with Gasteiger partial charge in [0.15, 0.2) is 0 Å². The average Bonchev–Trinajstić information content (AvgIpc) is 3.10. The van der Waals surface area contributed by atoms with E-state index in [1.165, 1.54) is 25.9 Å². The smallest absolute Gasteiger partial charge is 0.416 e. The van der Waals surface area contributed by atoms with E-state index < -0.39 is 53.0 Å². The van der Waals surface area contributed by atoms with E-state index in [4.69, 9.17) is 14.2 Å². The van der Waals surface area contributed by atoms with Crippen LogP contribution in [0.25, 0.3) is 0 Å². The molecule has 0 saturated carbocycles. The van der Waals surface area contributed by atoms with Gasteiger partial charge in [-0.2, -0.15) is 26.3 Å². The second kappa shape index (κ2) is 15.1. The highest BCUT2D eigenvalue weighted by atomic mass is 19.4. The van der Waals surface area contributed by atoms with E-state index >= 15 is 0 Å². The van der Waals surface area contributed by atoms with Gasteiger partial charge in [-0.25, -0.2) is 9.78 Å². The minimum Gasteiger partial charge on any atom is -0.497 e. The van der Waals surface area contributed by atoms with E-state index in [0.29, 0.717) is 79.5 Å². The Labute approximate surface area is 296 Å². The number of benzene rings is 2. The molecular weight excluding hydrogens is 698 g/mol. The highest BCUT2D eigenvalue weighted by Gasteiger charge is 2.40. The number of ether oxygens (including phenoxy) is 3. The van der Waals surface area contributed by atoms with Crippen LogP contribution in [0.4, 0.5) is 48.3 Å². The number of hydrogen-bond acceptors (Lipinski definition) is 8. The normalized spacial score (nSPS) is 18.1. The maximum Gasteiger partial charge on any atom is 0.416 e. The van der Waals surface area contributed by atoms with Crippen LogP contribution in [0, 0.1) is 5.41 Å². The number of morpholine rings is 1. The van der Waals surface area contributed by atoms with Gasteiger partial charge in [-0.3, -0.25) is 9.69 Å². The van der Waals surface area contributed by atoms with Crippen LogP contribution in [0.15, 0.2) is 48.7 Å². The second-order valence-corrected chi connectivity index (χ2v) is 13.4. The molecule has 2 aliphatic heterocycles. The van der Waals surface area contributed by atoms with Gasteiger partial charge in [0.2, 0.25) is 0 Å². The van der Waals surface area contributed by atoms with E-state index in [2.05, 4.69) is 10.3 Å². The number of pyridine rings is 1. The molecule has 52 heavy (non-hydrogen) atoms. The van der Waals surface area contributed by atoms with Crippen molar-refractivity contribution in [2.75, 3.05) is 55.1 Å². The Kier molecular flexibility index (Phi) is 11.2. The maximum atomic E-state index is 13.8. The van der Waals surface area contributed by atoms with Crippen LogP contribution in [0.3, 0.4) is 0 Å². The summed E-state index contributed by atoms with van der Waals surface area (Å²) in [7, 11) is 1.47. The largest absolute Gasteiger partial charge is 0.497 e. The molecule has 1 fully saturated rings. The molecule has 2 N–H and O–H groups in total. The summed E-state index contributed by atoms with van der Waals surface area (Å²) in [5.41, 5.74) is -2.36. The summed E-state index contributed by atoms with van der Waals surface area (Å²) in [4.78, 5) is 33.3. The first kappa shape index (κ1) is 38.5. The van der Waals surface area contributed by atoms with E-state index in [-0.39, 0.29) is 30.5 Å². The number of nitrogens with one attached hydrogen (secondary N) is 1. The molecule has 2 aromatic carbocycles. The first-order valence-corrected chi connectivity index (χ1v) is 16.6. The van der Waals surface area contributed by atoms with Crippen molar-refractivity contribution in [2.24, 2.45) is 5.41 Å². The second-order valence-electron chi connectivity index (χ2n) is 13.4. The number of aliphatic carboxylic acids is 1. The van der Waals surface area contributed by atoms with E-state index in [1.54, 1.807) is 30.5 Å². The maximum absolute atomic E-state index is 13.8. The summed E-state index contributed by atoms with van der Waals surface area (Å²) in [6.45, 7) is 6.26. The van der Waals surface area contributed by atoms with E-state index in [0.717, 1.165) is 0 Å². The molecule has 0 aliphatic carbocycles. The summed E-state index contributed by atoms with van der Waals surface area (Å²) >= 11 is 0. The standard InChI is InChI=1S/C36H40F6N4O6/c1-5-25-17-29(28-18-27(50-4)6-7-30(28)46(25)33(49)52-20-34(2,3)32(47)48)44-31-22(15-26(19-43-31)45-8-10-51-11-9-45)12-21-13-23(35(37,38)39)16-24(14-21)36(40,41)42/h6-7,13-16,18-19,25,29H,5,8-12,17,20H2,1-4H3,(H,43,44)(H,47,48)/t25-,29+/m1/s1. The number of aromatic nitrogens is 1. The van der Waals surface area contributed by atoms with Crippen molar-refractivity contribution in [3.05, 3.63) is 76.5 Å². The number of anilines is 3. The van der Waals surface area contributed by atoms with Gasteiger partial charge in [0.1, 0.15) is 18.2 Å². The Balaban J connectivity index is 1.56. The molecule has 2 aliphatic rings. The lowest BCUT2D eigenvalue weighted by Crippen LogP contribution is -2.47. The Morgan fingerprint density at radius 3 is 2.23 bits per heavy atom. The molecule has 2 atom stereocenters. The number of amides is 1. The van der Waals surface area contributed by atoms with Crippen molar-refractivity contribution in [1.29, 1.82) is 0 Å². The van der Waals surface area contributed by atoms with E-state index in [1.807, 2.05) is 11.8 Å². The molecule has 1 saturated heterocycles. The minimum atomic E-state index is -5.01. The van der Waals surface area contributed by atoms with Crippen molar-refractivity contribution >= 4 is 29.3 Å². The molecule has 5 rings (SSSR count). The monoisotopic (exact) mass is 738 g/mol. The van der Waals surface area contributed by atoms with Crippen molar-refractivity contribution in [3.63, 3.8) is 0 Å². The Morgan fingerprint density at radius 2 is 1.65 bits per heavy atom. The zero-order valence-electron chi connectivity index (χ0n) is 29.0. The Bertz CT molecular complexity index is 1740. The van der Waals surface area contributed by atoms with Crippen LogP contribution in [-0.4, -0.2) is 68.2 Å². The van der Waals surface area contributed by atoms with Crippen molar-refractivity contribution in [1.82, 2.24) is 4.98 Å². The molecule has 0 spiro atoms. The van der Waals surface area contributed by atoms with E-state index in [9.17, 15) is 41.0 Å². The number of methoxy groups -OCH3 is 1. The molecule has 1 amide bonds. The topological polar surface area (TPSA) is 113 Å². The number of carboxylic acid groups (broad SMARTS) is 1. The number of halogens is 6. The van der Waals surface area contributed by atoms with Gasteiger partial charge in [0.05, 0.1) is 60.5 Å². The minimum absolute atomic E-state index is 0.0989. The first-order chi connectivity index (χ1) is 24.4. The quantitative estimate of drug-likeness (QED) is 0.200. The van der Waals surface area contributed by atoms with Crippen molar-refractivity contribution in [3.8, 4) is 5.75 Å². The molecule has 10 nitrogen and oxygen atoms in total. The predicted molar refractivity (Wildman–Crippen MR) is 180 cm³/mol.